The summed E-state index contributed by atoms with van der Waals surface area (Å²) in [6.45, 7) is 2.85. The first kappa shape index (κ1) is 13.3. The van der Waals surface area contributed by atoms with Gasteiger partial charge in [0.1, 0.15) is 5.79 Å². The minimum absolute atomic E-state index is 0.0794. The molecule has 1 atom stereocenters. The molecule has 0 aromatic heterocycles. The Morgan fingerprint density at radius 1 is 1.10 bits per heavy atom. The Morgan fingerprint density at radius 2 is 1.85 bits per heavy atom. The van der Waals surface area contributed by atoms with Gasteiger partial charge in [-0.15, -0.1) is 0 Å². The molecule has 2 aromatic carbocycles. The van der Waals surface area contributed by atoms with E-state index in [1.54, 1.807) is 0 Å². The van der Waals surface area contributed by atoms with E-state index in [-0.39, 0.29) is 6.17 Å². The highest BCUT2D eigenvalue weighted by molar-refractivity contribution is 5.31. The summed E-state index contributed by atoms with van der Waals surface area (Å²) in [5.74, 6) is -1.06. The largest absolute Gasteiger partial charge is 0.297 e. The first-order chi connectivity index (χ1) is 9.54. The lowest BCUT2D eigenvalue weighted by Crippen LogP contribution is -2.61. The van der Waals surface area contributed by atoms with Gasteiger partial charge < -0.3 is 0 Å². The molecule has 3 rings (SSSR count). The van der Waals surface area contributed by atoms with Crippen molar-refractivity contribution in [3.63, 3.8) is 0 Å². The van der Waals surface area contributed by atoms with Crippen LogP contribution in [0.15, 0.2) is 48.5 Å². The molecule has 0 fully saturated rings. The lowest BCUT2D eigenvalue weighted by atomic mass is 10.0. The topological polar surface area (TPSA) is 76.1 Å². The maximum atomic E-state index is 6.24. The fourth-order valence-corrected chi connectivity index (χ4v) is 2.49. The maximum absolute atomic E-state index is 6.24. The van der Waals surface area contributed by atoms with E-state index in [9.17, 15) is 0 Å². The summed E-state index contributed by atoms with van der Waals surface area (Å²) in [7, 11) is 0. The molecule has 0 radical (unpaired) electrons. The van der Waals surface area contributed by atoms with E-state index in [0.717, 1.165) is 17.7 Å². The van der Waals surface area contributed by atoms with Crippen LogP contribution in [0.2, 0.25) is 0 Å². The molecule has 0 amide bonds. The van der Waals surface area contributed by atoms with E-state index < -0.39 is 5.79 Å². The zero-order valence-electron chi connectivity index (χ0n) is 11.6. The van der Waals surface area contributed by atoms with Crippen molar-refractivity contribution in [2.75, 3.05) is 0 Å². The quantitative estimate of drug-likeness (QED) is 0.590. The predicted molar refractivity (Wildman–Crippen MR) is 80.4 cm³/mol. The Kier molecular flexibility index (Phi) is 3.31. The molecule has 2 bridgehead atoms. The highest BCUT2D eigenvalue weighted by Gasteiger charge is 2.28. The maximum Gasteiger partial charge on any atom is 0.146 e. The van der Waals surface area contributed by atoms with Crippen molar-refractivity contribution >= 4 is 0 Å². The molecule has 2 aromatic rings. The molecule has 0 spiro atoms. The van der Waals surface area contributed by atoms with Crippen LogP contribution in [-0.4, -0.2) is 0 Å². The molecule has 4 nitrogen and oxygen atoms in total. The Bertz CT molecular complexity index is 604. The van der Waals surface area contributed by atoms with Crippen LogP contribution < -0.4 is 22.1 Å². The monoisotopic (exact) mass is 268 g/mol. The summed E-state index contributed by atoms with van der Waals surface area (Å²) >= 11 is 0. The molecule has 6 N–H and O–H groups in total. The van der Waals surface area contributed by atoms with E-state index in [1.165, 1.54) is 11.1 Å². The lowest BCUT2D eigenvalue weighted by Gasteiger charge is -2.35. The van der Waals surface area contributed by atoms with E-state index in [2.05, 4.69) is 47.9 Å². The molecular formula is C16H20N4. The van der Waals surface area contributed by atoms with E-state index in [4.69, 9.17) is 11.5 Å². The van der Waals surface area contributed by atoms with Crippen LogP contribution in [-0.2, 0) is 12.3 Å². The normalized spacial score (nSPS) is 21.1. The number of aryl methyl sites for hydroxylation is 1. The first-order valence-corrected chi connectivity index (χ1v) is 6.79. The van der Waals surface area contributed by atoms with Crippen LogP contribution in [0, 0.1) is 6.92 Å². The highest BCUT2D eigenvalue weighted by Crippen LogP contribution is 2.21. The summed E-state index contributed by atoms with van der Waals surface area (Å²) in [6, 6.07) is 16.4. The number of fused-ring (bicyclic) bond motifs is 2. The van der Waals surface area contributed by atoms with E-state index >= 15 is 0 Å². The van der Waals surface area contributed by atoms with Crippen molar-refractivity contribution in [2.24, 2.45) is 11.5 Å². The molecule has 0 aliphatic carbocycles. The fourth-order valence-electron chi connectivity index (χ4n) is 2.49. The third kappa shape index (κ3) is 2.59. The first-order valence-electron chi connectivity index (χ1n) is 6.79. The van der Waals surface area contributed by atoms with Gasteiger partial charge in [0.2, 0.25) is 0 Å². The lowest BCUT2D eigenvalue weighted by molar-refractivity contribution is 0.271. The molecule has 20 heavy (non-hydrogen) atoms. The number of hydrogen-bond donors (Lipinski definition) is 4. The van der Waals surface area contributed by atoms with Crippen LogP contribution in [0.4, 0.5) is 0 Å². The van der Waals surface area contributed by atoms with Gasteiger partial charge in [-0.05, 0) is 24.1 Å². The third-order valence-corrected chi connectivity index (χ3v) is 3.71. The van der Waals surface area contributed by atoms with Crippen LogP contribution in [0.1, 0.15) is 28.4 Å². The SMILES string of the molecule is Cc1ccc(C2NCc3cccc(c3)C(N)(N)N2)cc1. The van der Waals surface area contributed by atoms with E-state index in [1.807, 2.05) is 18.2 Å². The van der Waals surface area contributed by atoms with Crippen LogP contribution in [0.3, 0.4) is 0 Å². The number of nitrogens with two attached hydrogens (primary N) is 2. The summed E-state index contributed by atoms with van der Waals surface area (Å²) in [6.07, 6.45) is -0.0794. The molecule has 4 heteroatoms. The number of benzene rings is 2. The third-order valence-electron chi connectivity index (χ3n) is 3.71. The van der Waals surface area contributed by atoms with Crippen LogP contribution in [0.25, 0.3) is 0 Å². The van der Waals surface area contributed by atoms with Gasteiger partial charge in [-0.3, -0.25) is 22.1 Å². The second kappa shape index (κ2) is 5.00. The number of nitrogens with one attached hydrogen (secondary N) is 2. The molecule has 104 valence electrons. The average Bonchev–Trinajstić information content (AvgIpc) is 2.44. The second-order valence-corrected chi connectivity index (χ2v) is 5.44. The van der Waals surface area contributed by atoms with Gasteiger partial charge in [0, 0.05) is 12.1 Å². The summed E-state index contributed by atoms with van der Waals surface area (Å²) in [5, 5.41) is 6.73. The minimum Gasteiger partial charge on any atom is -0.297 e. The van der Waals surface area contributed by atoms with Gasteiger partial charge in [-0.2, -0.15) is 0 Å². The van der Waals surface area contributed by atoms with Crippen molar-refractivity contribution in [2.45, 2.75) is 25.4 Å². The van der Waals surface area contributed by atoms with Crippen molar-refractivity contribution in [3.05, 3.63) is 70.8 Å². The summed E-state index contributed by atoms with van der Waals surface area (Å²) in [5.41, 5.74) is 16.9. The highest BCUT2D eigenvalue weighted by atomic mass is 15.3. The smallest absolute Gasteiger partial charge is 0.146 e. The van der Waals surface area contributed by atoms with Crippen molar-refractivity contribution < 1.29 is 0 Å². The Balaban J connectivity index is 1.94. The Morgan fingerprint density at radius 3 is 2.60 bits per heavy atom. The van der Waals surface area contributed by atoms with Gasteiger partial charge >= 0.3 is 0 Å². The average molecular weight is 268 g/mol. The predicted octanol–water partition coefficient (Wildman–Crippen LogP) is 1.41. The summed E-state index contributed by atoms with van der Waals surface area (Å²) in [4.78, 5) is 0. The molecular weight excluding hydrogens is 248 g/mol. The minimum atomic E-state index is -1.06. The zero-order valence-corrected chi connectivity index (χ0v) is 11.6. The zero-order chi connectivity index (χ0) is 14.2. The molecule has 1 aliphatic rings. The van der Waals surface area contributed by atoms with Crippen molar-refractivity contribution in [1.82, 2.24) is 10.6 Å². The van der Waals surface area contributed by atoms with Crippen molar-refractivity contribution in [1.29, 1.82) is 0 Å². The molecule has 1 aliphatic heterocycles. The number of rotatable bonds is 1. The van der Waals surface area contributed by atoms with Gasteiger partial charge in [-0.1, -0.05) is 48.0 Å². The van der Waals surface area contributed by atoms with Gasteiger partial charge in [0.15, 0.2) is 0 Å². The fraction of sp³-hybridized carbons (Fsp3) is 0.250. The molecule has 1 heterocycles. The van der Waals surface area contributed by atoms with Crippen molar-refractivity contribution in [3.8, 4) is 0 Å². The second-order valence-electron chi connectivity index (χ2n) is 5.44. The van der Waals surface area contributed by atoms with Crippen LogP contribution >= 0.6 is 0 Å². The Hall–Kier alpha value is -1.72. The molecule has 1 unspecified atom stereocenters. The molecule has 0 saturated carbocycles. The van der Waals surface area contributed by atoms with Gasteiger partial charge in [-0.25, -0.2) is 0 Å². The summed E-state index contributed by atoms with van der Waals surface area (Å²) < 4.78 is 0. The standard InChI is InChI=1S/C16H20N4/c1-11-5-7-13(8-6-11)15-19-10-12-3-2-4-14(9-12)16(17,18)20-15/h2-9,15,19-20H,10,17-18H2,1H3. The molecule has 0 saturated heterocycles. The van der Waals surface area contributed by atoms with Gasteiger partial charge in [0.05, 0.1) is 6.17 Å². The van der Waals surface area contributed by atoms with Gasteiger partial charge in [0.25, 0.3) is 0 Å². The van der Waals surface area contributed by atoms with Crippen LogP contribution in [0.5, 0.6) is 0 Å². The Labute approximate surface area is 119 Å². The number of hydrogen-bond acceptors (Lipinski definition) is 4. The van der Waals surface area contributed by atoms with E-state index in [0.29, 0.717) is 0 Å².